The van der Waals surface area contributed by atoms with E-state index < -0.39 is 9.84 Å². The first-order valence-corrected chi connectivity index (χ1v) is 7.14. The summed E-state index contributed by atoms with van der Waals surface area (Å²) in [5, 5.41) is 0. The second-order valence-electron chi connectivity index (χ2n) is 4.28. The zero-order chi connectivity index (χ0) is 12.3. The number of carbonyl (C=O) groups excluding carboxylic acids is 1. The molecule has 92 valence electrons. The van der Waals surface area contributed by atoms with Crippen LogP contribution in [0, 0.1) is 5.92 Å². The molecule has 0 amide bonds. The maximum atomic E-state index is 11.9. The Labute approximate surface area is 101 Å². The Morgan fingerprint density at radius 2 is 1.88 bits per heavy atom. The van der Waals surface area contributed by atoms with Gasteiger partial charge < -0.3 is 4.74 Å². The van der Waals surface area contributed by atoms with Gasteiger partial charge in [0.15, 0.2) is 9.84 Å². The van der Waals surface area contributed by atoms with E-state index in [9.17, 15) is 13.2 Å². The molecule has 0 atom stereocenters. The van der Waals surface area contributed by atoms with Crippen LogP contribution in [-0.2, 0) is 26.0 Å². The molecule has 2 rings (SSSR count). The van der Waals surface area contributed by atoms with Gasteiger partial charge in [0.1, 0.15) is 6.61 Å². The third kappa shape index (κ3) is 3.30. The van der Waals surface area contributed by atoms with Crippen LogP contribution in [0.5, 0.6) is 0 Å². The number of benzene rings is 1. The highest BCUT2D eigenvalue weighted by atomic mass is 32.2. The summed E-state index contributed by atoms with van der Waals surface area (Å²) in [6.07, 6.45) is 2.04. The molecule has 0 bridgehead atoms. The summed E-state index contributed by atoms with van der Waals surface area (Å²) in [4.78, 5) is 10.4. The zero-order valence-electron chi connectivity index (χ0n) is 9.33. The van der Waals surface area contributed by atoms with Crippen molar-refractivity contribution in [3.05, 3.63) is 29.8 Å². The lowest BCUT2D eigenvalue weighted by molar-refractivity contribution is -0.129. The van der Waals surface area contributed by atoms with Crippen LogP contribution >= 0.6 is 0 Å². The van der Waals surface area contributed by atoms with Gasteiger partial charge in [0.2, 0.25) is 0 Å². The average Bonchev–Trinajstić information content (AvgIpc) is 3.10. The predicted molar refractivity (Wildman–Crippen MR) is 62.1 cm³/mol. The fourth-order valence-corrected chi connectivity index (χ4v) is 3.31. The van der Waals surface area contributed by atoms with Gasteiger partial charge in [-0.25, -0.2) is 8.42 Å². The third-order valence-electron chi connectivity index (χ3n) is 2.75. The van der Waals surface area contributed by atoms with Gasteiger partial charge in [0.05, 0.1) is 10.6 Å². The van der Waals surface area contributed by atoms with Crippen LogP contribution in [0.4, 0.5) is 0 Å². The summed E-state index contributed by atoms with van der Waals surface area (Å²) in [5.41, 5.74) is 0.780. The van der Waals surface area contributed by atoms with Crippen LogP contribution in [0.1, 0.15) is 18.4 Å². The smallest absolute Gasteiger partial charge is 0.293 e. The van der Waals surface area contributed by atoms with Gasteiger partial charge in [-0.15, -0.1) is 0 Å². The molecule has 0 spiro atoms. The Hall–Kier alpha value is -1.36. The first kappa shape index (κ1) is 12.1. The molecule has 0 unspecified atom stereocenters. The van der Waals surface area contributed by atoms with Crippen molar-refractivity contribution in [3.63, 3.8) is 0 Å². The van der Waals surface area contributed by atoms with Crippen molar-refractivity contribution in [3.8, 4) is 0 Å². The van der Waals surface area contributed by atoms with Gasteiger partial charge in [-0.1, -0.05) is 12.1 Å². The molecule has 0 radical (unpaired) electrons. The molecule has 5 heteroatoms. The van der Waals surface area contributed by atoms with Crippen molar-refractivity contribution in [2.45, 2.75) is 24.3 Å². The van der Waals surface area contributed by atoms with Crippen molar-refractivity contribution >= 4 is 16.3 Å². The minimum Gasteiger partial charge on any atom is -0.463 e. The second-order valence-corrected chi connectivity index (χ2v) is 6.31. The van der Waals surface area contributed by atoms with Crippen molar-refractivity contribution in [1.29, 1.82) is 0 Å². The summed E-state index contributed by atoms with van der Waals surface area (Å²) >= 11 is 0. The van der Waals surface area contributed by atoms with E-state index >= 15 is 0 Å². The number of carbonyl (C=O) groups is 1. The monoisotopic (exact) mass is 254 g/mol. The molecule has 1 saturated carbocycles. The van der Waals surface area contributed by atoms with E-state index in [1.165, 1.54) is 0 Å². The number of hydrogen-bond acceptors (Lipinski definition) is 4. The summed E-state index contributed by atoms with van der Waals surface area (Å²) in [6, 6.07) is 6.48. The Morgan fingerprint density at radius 3 is 2.41 bits per heavy atom. The van der Waals surface area contributed by atoms with Gasteiger partial charge in [-0.2, -0.15) is 0 Å². The number of hydrogen-bond donors (Lipinski definition) is 0. The summed E-state index contributed by atoms with van der Waals surface area (Å²) < 4.78 is 28.4. The normalized spacial score (nSPS) is 15.5. The summed E-state index contributed by atoms with van der Waals surface area (Å²) in [7, 11) is -3.14. The molecule has 0 saturated heterocycles. The van der Waals surface area contributed by atoms with Crippen LogP contribution in [0.25, 0.3) is 0 Å². The van der Waals surface area contributed by atoms with E-state index in [-0.39, 0.29) is 12.4 Å². The minimum absolute atomic E-state index is 0.173. The molecule has 1 aromatic rings. The van der Waals surface area contributed by atoms with Crippen molar-refractivity contribution < 1.29 is 17.9 Å². The molecule has 1 aromatic carbocycles. The molecule has 0 N–H and O–H groups in total. The van der Waals surface area contributed by atoms with Crippen molar-refractivity contribution in [2.24, 2.45) is 5.92 Å². The maximum absolute atomic E-state index is 11.9. The van der Waals surface area contributed by atoms with E-state index in [2.05, 4.69) is 4.74 Å². The van der Waals surface area contributed by atoms with E-state index in [1.54, 1.807) is 24.3 Å². The van der Waals surface area contributed by atoms with Crippen LogP contribution in [0.15, 0.2) is 29.2 Å². The Bertz CT molecular complexity index is 486. The van der Waals surface area contributed by atoms with Gasteiger partial charge in [-0.3, -0.25) is 4.79 Å². The molecular formula is C12H14O4S. The molecule has 1 aliphatic rings. The standard InChI is InChI=1S/C12H14O4S/c13-9-16-7-10-3-5-12(6-4-10)17(14,15)8-11-1-2-11/h3-6,9,11H,1-2,7-8H2. The van der Waals surface area contributed by atoms with Gasteiger partial charge in [0.25, 0.3) is 6.47 Å². The predicted octanol–water partition coefficient (Wildman–Crippen LogP) is 1.54. The number of ether oxygens (including phenoxy) is 1. The summed E-state index contributed by atoms with van der Waals surface area (Å²) in [5.74, 6) is 0.593. The first-order chi connectivity index (χ1) is 8.12. The number of rotatable bonds is 6. The molecule has 1 fully saturated rings. The van der Waals surface area contributed by atoms with E-state index in [0.29, 0.717) is 17.3 Å². The minimum atomic E-state index is -3.14. The average molecular weight is 254 g/mol. The fraction of sp³-hybridized carbons (Fsp3) is 0.417. The Morgan fingerprint density at radius 1 is 1.24 bits per heavy atom. The van der Waals surface area contributed by atoms with Crippen molar-refractivity contribution in [1.82, 2.24) is 0 Å². The van der Waals surface area contributed by atoms with Gasteiger partial charge >= 0.3 is 0 Å². The number of sulfone groups is 1. The maximum Gasteiger partial charge on any atom is 0.293 e. The van der Waals surface area contributed by atoms with Crippen LogP contribution in [0.3, 0.4) is 0 Å². The SMILES string of the molecule is O=COCc1ccc(S(=O)(=O)CC2CC2)cc1. The molecule has 0 aliphatic heterocycles. The fourth-order valence-electron chi connectivity index (χ4n) is 1.61. The van der Waals surface area contributed by atoms with E-state index in [4.69, 9.17) is 0 Å². The Kier molecular flexibility index (Phi) is 3.47. The topological polar surface area (TPSA) is 60.4 Å². The van der Waals surface area contributed by atoms with Gasteiger partial charge in [0, 0.05) is 0 Å². The second kappa shape index (κ2) is 4.87. The van der Waals surface area contributed by atoms with E-state index in [0.717, 1.165) is 18.4 Å². The molecule has 17 heavy (non-hydrogen) atoms. The van der Waals surface area contributed by atoms with E-state index in [1.807, 2.05) is 0 Å². The quantitative estimate of drug-likeness (QED) is 0.722. The highest BCUT2D eigenvalue weighted by molar-refractivity contribution is 7.91. The lowest BCUT2D eigenvalue weighted by Crippen LogP contribution is -2.08. The highest BCUT2D eigenvalue weighted by Crippen LogP contribution is 2.32. The largest absolute Gasteiger partial charge is 0.463 e. The lowest BCUT2D eigenvalue weighted by atomic mass is 10.2. The van der Waals surface area contributed by atoms with Crippen LogP contribution in [-0.4, -0.2) is 20.6 Å². The third-order valence-corrected chi connectivity index (χ3v) is 4.65. The zero-order valence-corrected chi connectivity index (χ0v) is 10.2. The van der Waals surface area contributed by atoms with Crippen molar-refractivity contribution in [2.75, 3.05) is 5.75 Å². The molecule has 4 nitrogen and oxygen atoms in total. The molecule has 0 aromatic heterocycles. The summed E-state index contributed by atoms with van der Waals surface area (Å²) in [6.45, 7) is 0.546. The van der Waals surface area contributed by atoms with Crippen LogP contribution < -0.4 is 0 Å². The first-order valence-electron chi connectivity index (χ1n) is 5.49. The Balaban J connectivity index is 2.08. The van der Waals surface area contributed by atoms with Gasteiger partial charge in [-0.05, 0) is 36.5 Å². The molecule has 0 heterocycles. The van der Waals surface area contributed by atoms with Crippen LogP contribution in [0.2, 0.25) is 0 Å². The lowest BCUT2D eigenvalue weighted by Gasteiger charge is -2.04. The molecular weight excluding hydrogens is 240 g/mol. The molecule has 1 aliphatic carbocycles. The highest BCUT2D eigenvalue weighted by Gasteiger charge is 2.28.